The standard InChI is InChI=1S/C17H26N2O2/c1-12(2)9-13(11-18)10-17(20)19-15-7-8-21-16-6-4-3-5-14(15)16/h3-6,12-13,15H,7-11,18H2,1-2H3,(H,19,20)/t13-,15?/m0/s1. The van der Waals surface area contributed by atoms with Crippen molar-refractivity contribution in [2.24, 2.45) is 17.6 Å². The number of carbonyl (C=O) groups is 1. The van der Waals surface area contributed by atoms with Gasteiger partial charge in [-0.3, -0.25) is 4.79 Å². The number of hydrogen-bond acceptors (Lipinski definition) is 3. The van der Waals surface area contributed by atoms with Gasteiger partial charge in [0.15, 0.2) is 0 Å². The Kier molecular flexibility index (Phi) is 5.62. The summed E-state index contributed by atoms with van der Waals surface area (Å²) >= 11 is 0. The molecule has 0 aromatic heterocycles. The van der Waals surface area contributed by atoms with Crippen molar-refractivity contribution < 1.29 is 9.53 Å². The van der Waals surface area contributed by atoms with Crippen LogP contribution in [0.2, 0.25) is 0 Å². The molecular weight excluding hydrogens is 264 g/mol. The van der Waals surface area contributed by atoms with Gasteiger partial charge in [0.2, 0.25) is 5.91 Å². The van der Waals surface area contributed by atoms with Crippen LogP contribution in [0.15, 0.2) is 24.3 Å². The monoisotopic (exact) mass is 290 g/mol. The van der Waals surface area contributed by atoms with E-state index in [0.717, 1.165) is 24.2 Å². The van der Waals surface area contributed by atoms with Crippen molar-refractivity contribution in [2.45, 2.75) is 39.2 Å². The molecular formula is C17H26N2O2. The van der Waals surface area contributed by atoms with E-state index in [1.54, 1.807) is 0 Å². The maximum absolute atomic E-state index is 12.3. The van der Waals surface area contributed by atoms with Crippen LogP contribution in [-0.2, 0) is 4.79 Å². The van der Waals surface area contributed by atoms with E-state index < -0.39 is 0 Å². The molecule has 1 heterocycles. The second-order valence-electron chi connectivity index (χ2n) is 6.23. The van der Waals surface area contributed by atoms with Crippen molar-refractivity contribution in [1.82, 2.24) is 5.32 Å². The Morgan fingerprint density at radius 3 is 2.90 bits per heavy atom. The smallest absolute Gasteiger partial charge is 0.220 e. The molecule has 2 rings (SSSR count). The topological polar surface area (TPSA) is 64.4 Å². The van der Waals surface area contributed by atoms with E-state index in [1.165, 1.54) is 0 Å². The molecule has 0 saturated heterocycles. The zero-order chi connectivity index (χ0) is 15.2. The molecule has 21 heavy (non-hydrogen) atoms. The Labute approximate surface area is 127 Å². The summed E-state index contributed by atoms with van der Waals surface area (Å²) < 4.78 is 5.62. The molecule has 1 aromatic rings. The number of para-hydroxylation sites is 1. The number of carbonyl (C=O) groups excluding carboxylic acids is 1. The minimum Gasteiger partial charge on any atom is -0.493 e. The van der Waals surface area contributed by atoms with Gasteiger partial charge in [0, 0.05) is 18.4 Å². The van der Waals surface area contributed by atoms with E-state index in [2.05, 4.69) is 19.2 Å². The van der Waals surface area contributed by atoms with Gasteiger partial charge in [-0.05, 0) is 30.9 Å². The minimum absolute atomic E-state index is 0.0555. The first-order valence-electron chi connectivity index (χ1n) is 7.81. The highest BCUT2D eigenvalue weighted by Gasteiger charge is 2.23. The molecule has 1 aliphatic heterocycles. The number of rotatable bonds is 6. The lowest BCUT2D eigenvalue weighted by Gasteiger charge is -2.27. The summed E-state index contributed by atoms with van der Waals surface area (Å²) in [6.45, 7) is 5.54. The van der Waals surface area contributed by atoms with Crippen LogP contribution in [0.3, 0.4) is 0 Å². The molecule has 1 unspecified atom stereocenters. The predicted octanol–water partition coefficient (Wildman–Crippen LogP) is 2.64. The summed E-state index contributed by atoms with van der Waals surface area (Å²) in [5.41, 5.74) is 6.85. The number of fused-ring (bicyclic) bond motifs is 1. The zero-order valence-electron chi connectivity index (χ0n) is 13.0. The highest BCUT2D eigenvalue weighted by Crippen LogP contribution is 2.31. The molecule has 0 bridgehead atoms. The summed E-state index contributed by atoms with van der Waals surface area (Å²) in [5, 5.41) is 3.14. The van der Waals surface area contributed by atoms with E-state index >= 15 is 0 Å². The number of nitrogens with one attached hydrogen (secondary N) is 1. The second-order valence-corrected chi connectivity index (χ2v) is 6.23. The highest BCUT2D eigenvalue weighted by atomic mass is 16.5. The fraction of sp³-hybridized carbons (Fsp3) is 0.588. The van der Waals surface area contributed by atoms with Crippen molar-refractivity contribution >= 4 is 5.91 Å². The maximum atomic E-state index is 12.3. The van der Waals surface area contributed by atoms with Crippen LogP contribution in [0.4, 0.5) is 0 Å². The van der Waals surface area contributed by atoms with Crippen molar-refractivity contribution in [2.75, 3.05) is 13.2 Å². The van der Waals surface area contributed by atoms with Crippen LogP contribution in [-0.4, -0.2) is 19.1 Å². The van der Waals surface area contributed by atoms with E-state index in [1.807, 2.05) is 24.3 Å². The average molecular weight is 290 g/mol. The molecule has 1 aromatic carbocycles. The van der Waals surface area contributed by atoms with E-state index in [4.69, 9.17) is 10.5 Å². The van der Waals surface area contributed by atoms with Gasteiger partial charge in [0.1, 0.15) is 5.75 Å². The third-order valence-electron chi connectivity index (χ3n) is 3.91. The number of amides is 1. The molecule has 0 fully saturated rings. The molecule has 0 saturated carbocycles. The zero-order valence-corrected chi connectivity index (χ0v) is 13.0. The normalized spacial score (nSPS) is 18.8. The summed E-state index contributed by atoms with van der Waals surface area (Å²) in [6.07, 6.45) is 2.32. The third kappa shape index (κ3) is 4.46. The van der Waals surface area contributed by atoms with Crippen LogP contribution in [0.25, 0.3) is 0 Å². The minimum atomic E-state index is 0.0555. The van der Waals surface area contributed by atoms with Crippen molar-refractivity contribution in [3.8, 4) is 5.75 Å². The quantitative estimate of drug-likeness (QED) is 0.846. The van der Waals surface area contributed by atoms with E-state index in [0.29, 0.717) is 25.5 Å². The number of nitrogens with two attached hydrogens (primary N) is 1. The molecule has 2 atom stereocenters. The fourth-order valence-electron chi connectivity index (χ4n) is 2.94. The molecule has 1 amide bonds. The molecule has 116 valence electrons. The van der Waals surface area contributed by atoms with Gasteiger partial charge in [0.25, 0.3) is 0 Å². The van der Waals surface area contributed by atoms with Crippen LogP contribution in [0.5, 0.6) is 5.75 Å². The van der Waals surface area contributed by atoms with Crippen molar-refractivity contribution in [3.05, 3.63) is 29.8 Å². The maximum Gasteiger partial charge on any atom is 0.220 e. The van der Waals surface area contributed by atoms with Gasteiger partial charge in [-0.1, -0.05) is 32.0 Å². The summed E-state index contributed by atoms with van der Waals surface area (Å²) in [5.74, 6) is 1.80. The first-order valence-corrected chi connectivity index (χ1v) is 7.81. The molecule has 0 radical (unpaired) electrons. The Bertz CT molecular complexity index is 474. The van der Waals surface area contributed by atoms with E-state index in [-0.39, 0.29) is 17.9 Å². The Balaban J connectivity index is 1.94. The summed E-state index contributed by atoms with van der Waals surface area (Å²) in [7, 11) is 0. The highest BCUT2D eigenvalue weighted by molar-refractivity contribution is 5.77. The average Bonchev–Trinajstić information content (AvgIpc) is 2.46. The second kappa shape index (κ2) is 7.46. The fourth-order valence-corrected chi connectivity index (χ4v) is 2.94. The van der Waals surface area contributed by atoms with Gasteiger partial charge in [0.05, 0.1) is 12.6 Å². The number of benzene rings is 1. The molecule has 4 nitrogen and oxygen atoms in total. The molecule has 4 heteroatoms. The van der Waals surface area contributed by atoms with Crippen LogP contribution in [0, 0.1) is 11.8 Å². The Morgan fingerprint density at radius 2 is 2.19 bits per heavy atom. The SMILES string of the molecule is CC(C)C[C@H](CN)CC(=O)NC1CCOc2ccccc21. The summed E-state index contributed by atoms with van der Waals surface area (Å²) in [4.78, 5) is 12.3. The number of ether oxygens (including phenoxy) is 1. The van der Waals surface area contributed by atoms with Crippen LogP contribution >= 0.6 is 0 Å². The van der Waals surface area contributed by atoms with Gasteiger partial charge in [-0.15, -0.1) is 0 Å². The number of hydrogen-bond donors (Lipinski definition) is 2. The van der Waals surface area contributed by atoms with E-state index in [9.17, 15) is 4.79 Å². The predicted molar refractivity (Wildman–Crippen MR) is 84.1 cm³/mol. The molecule has 0 aliphatic carbocycles. The van der Waals surface area contributed by atoms with Gasteiger partial charge >= 0.3 is 0 Å². The Hall–Kier alpha value is -1.55. The van der Waals surface area contributed by atoms with Gasteiger partial charge < -0.3 is 15.8 Å². The van der Waals surface area contributed by atoms with Crippen molar-refractivity contribution in [1.29, 1.82) is 0 Å². The summed E-state index contributed by atoms with van der Waals surface area (Å²) in [6, 6.07) is 7.97. The van der Waals surface area contributed by atoms with Crippen molar-refractivity contribution in [3.63, 3.8) is 0 Å². The molecule has 3 N–H and O–H groups in total. The van der Waals surface area contributed by atoms with Crippen LogP contribution < -0.4 is 15.8 Å². The van der Waals surface area contributed by atoms with Gasteiger partial charge in [-0.2, -0.15) is 0 Å². The largest absolute Gasteiger partial charge is 0.493 e. The van der Waals surface area contributed by atoms with Gasteiger partial charge in [-0.25, -0.2) is 0 Å². The lowest BCUT2D eigenvalue weighted by atomic mass is 9.93. The lowest BCUT2D eigenvalue weighted by molar-refractivity contribution is -0.123. The van der Waals surface area contributed by atoms with Crippen LogP contribution in [0.1, 0.15) is 44.7 Å². The first-order chi connectivity index (χ1) is 10.1. The third-order valence-corrected chi connectivity index (χ3v) is 3.91. The Morgan fingerprint density at radius 1 is 1.43 bits per heavy atom. The lowest BCUT2D eigenvalue weighted by Crippen LogP contribution is -2.34. The molecule has 0 spiro atoms. The molecule has 1 aliphatic rings. The first kappa shape index (κ1) is 15.8.